The summed E-state index contributed by atoms with van der Waals surface area (Å²) in [4.78, 5) is 16.5. The average molecular weight is 308 g/mol. The molecular weight excluding hydrogens is 290 g/mol. The number of aryl methyl sites for hydroxylation is 3. The fourth-order valence-electron chi connectivity index (χ4n) is 2.32. The lowest BCUT2D eigenvalue weighted by Crippen LogP contribution is -2.27. The molecule has 0 bridgehead atoms. The summed E-state index contributed by atoms with van der Waals surface area (Å²) < 4.78 is 5.13. The molecule has 0 saturated heterocycles. The fourth-order valence-corrected chi connectivity index (χ4v) is 2.55. The Morgan fingerprint density at radius 1 is 1.43 bits per heavy atom. The molecule has 21 heavy (non-hydrogen) atoms. The van der Waals surface area contributed by atoms with Gasteiger partial charge in [0.05, 0.1) is 11.7 Å². The van der Waals surface area contributed by atoms with Gasteiger partial charge < -0.3 is 9.84 Å². The van der Waals surface area contributed by atoms with E-state index in [9.17, 15) is 4.79 Å². The predicted octanol–water partition coefficient (Wildman–Crippen LogP) is 3.39. The van der Waals surface area contributed by atoms with Crippen LogP contribution in [0.15, 0.2) is 16.7 Å². The van der Waals surface area contributed by atoms with E-state index < -0.39 is 0 Å². The molecule has 2 heterocycles. The lowest BCUT2D eigenvalue weighted by molar-refractivity contribution is 0.0939. The van der Waals surface area contributed by atoms with Gasteiger partial charge in [0.15, 0.2) is 0 Å². The maximum atomic E-state index is 12.3. The molecule has 0 aliphatic carbocycles. The maximum absolute atomic E-state index is 12.3. The minimum absolute atomic E-state index is 0.193. The van der Waals surface area contributed by atoms with Gasteiger partial charge in [0.25, 0.3) is 5.91 Å². The quantitative estimate of drug-likeness (QED) is 0.879. The lowest BCUT2D eigenvalue weighted by Gasteiger charge is -2.14. The summed E-state index contributed by atoms with van der Waals surface area (Å²) in [6.45, 7) is 7.55. The Balaban J connectivity index is 2.20. The molecular formula is C15H18ClN3O2. The fraction of sp³-hybridized carbons (Fsp3) is 0.400. The van der Waals surface area contributed by atoms with Gasteiger partial charge in [0, 0.05) is 16.8 Å². The molecule has 6 heteroatoms. The van der Waals surface area contributed by atoms with Crippen molar-refractivity contribution in [1.29, 1.82) is 0 Å². The predicted molar refractivity (Wildman–Crippen MR) is 80.5 cm³/mol. The van der Waals surface area contributed by atoms with Crippen LogP contribution in [0.3, 0.4) is 0 Å². The summed E-state index contributed by atoms with van der Waals surface area (Å²) in [6.07, 6.45) is 0.722. The van der Waals surface area contributed by atoms with Crippen molar-refractivity contribution < 1.29 is 9.32 Å². The van der Waals surface area contributed by atoms with Crippen LogP contribution in [-0.2, 0) is 6.42 Å². The first kappa shape index (κ1) is 15.5. The Kier molecular flexibility index (Phi) is 4.63. The van der Waals surface area contributed by atoms with Crippen molar-refractivity contribution in [2.24, 2.45) is 0 Å². The minimum atomic E-state index is -0.194. The van der Waals surface area contributed by atoms with Crippen LogP contribution in [0.4, 0.5) is 0 Å². The van der Waals surface area contributed by atoms with Crippen molar-refractivity contribution in [3.8, 4) is 0 Å². The molecule has 0 aliphatic rings. The highest BCUT2D eigenvalue weighted by Crippen LogP contribution is 2.21. The first-order valence-corrected chi connectivity index (χ1v) is 7.20. The van der Waals surface area contributed by atoms with Gasteiger partial charge in [-0.3, -0.25) is 4.79 Å². The van der Waals surface area contributed by atoms with Gasteiger partial charge in [0.1, 0.15) is 10.9 Å². The normalized spacial score (nSPS) is 12.2. The van der Waals surface area contributed by atoms with Gasteiger partial charge in [-0.15, -0.1) is 0 Å². The van der Waals surface area contributed by atoms with Crippen LogP contribution in [0.2, 0.25) is 5.15 Å². The molecule has 0 fully saturated rings. The molecule has 1 unspecified atom stereocenters. The van der Waals surface area contributed by atoms with E-state index in [1.165, 1.54) is 0 Å². The van der Waals surface area contributed by atoms with Crippen LogP contribution in [0.1, 0.15) is 53.0 Å². The molecule has 1 amide bonds. The molecule has 2 rings (SSSR count). The van der Waals surface area contributed by atoms with Crippen molar-refractivity contribution in [2.75, 3.05) is 0 Å². The summed E-state index contributed by atoms with van der Waals surface area (Å²) in [5.41, 5.74) is 2.98. The van der Waals surface area contributed by atoms with Crippen LogP contribution in [0.5, 0.6) is 0 Å². The molecule has 0 aromatic carbocycles. The monoisotopic (exact) mass is 307 g/mol. The van der Waals surface area contributed by atoms with Crippen LogP contribution in [0.25, 0.3) is 0 Å². The Morgan fingerprint density at radius 2 is 2.14 bits per heavy atom. The van der Waals surface area contributed by atoms with Crippen LogP contribution >= 0.6 is 11.6 Å². The minimum Gasteiger partial charge on any atom is -0.361 e. The van der Waals surface area contributed by atoms with Gasteiger partial charge in [-0.1, -0.05) is 23.7 Å². The number of amides is 1. The molecule has 1 N–H and O–H groups in total. The number of halogens is 1. The largest absolute Gasteiger partial charge is 0.361 e. The van der Waals surface area contributed by atoms with Gasteiger partial charge >= 0.3 is 0 Å². The van der Waals surface area contributed by atoms with E-state index in [1.54, 1.807) is 12.1 Å². The van der Waals surface area contributed by atoms with E-state index in [0.717, 1.165) is 23.4 Å². The molecule has 0 radical (unpaired) electrons. The molecule has 0 saturated carbocycles. The standard InChI is InChI=1S/C15H18ClN3O2/c1-5-12-6-11(7-13(16)18-12)15(20)17-8(2)14-9(3)19-21-10(14)4/h6-8H,5H2,1-4H3,(H,17,20). The maximum Gasteiger partial charge on any atom is 0.251 e. The van der Waals surface area contributed by atoms with E-state index in [1.807, 2.05) is 27.7 Å². The van der Waals surface area contributed by atoms with Crippen molar-refractivity contribution in [3.63, 3.8) is 0 Å². The summed E-state index contributed by atoms with van der Waals surface area (Å²) in [7, 11) is 0. The SMILES string of the molecule is CCc1cc(C(=O)NC(C)c2c(C)noc2C)cc(Cl)n1. The molecule has 0 spiro atoms. The zero-order valence-corrected chi connectivity index (χ0v) is 13.3. The number of hydrogen-bond donors (Lipinski definition) is 1. The van der Waals surface area contributed by atoms with Crippen molar-refractivity contribution >= 4 is 17.5 Å². The van der Waals surface area contributed by atoms with Crippen molar-refractivity contribution in [3.05, 3.63) is 45.6 Å². The topological polar surface area (TPSA) is 68.0 Å². The van der Waals surface area contributed by atoms with E-state index in [0.29, 0.717) is 16.5 Å². The highest BCUT2D eigenvalue weighted by molar-refractivity contribution is 6.29. The molecule has 2 aromatic rings. The van der Waals surface area contributed by atoms with Gasteiger partial charge in [-0.25, -0.2) is 4.98 Å². The number of hydrogen-bond acceptors (Lipinski definition) is 4. The van der Waals surface area contributed by atoms with Crippen LogP contribution < -0.4 is 5.32 Å². The zero-order chi connectivity index (χ0) is 15.6. The Labute approximate surface area is 128 Å². The number of carbonyl (C=O) groups excluding carboxylic acids is 1. The molecule has 1 atom stereocenters. The first-order valence-electron chi connectivity index (χ1n) is 6.82. The Hall–Kier alpha value is -1.88. The van der Waals surface area contributed by atoms with E-state index in [4.69, 9.17) is 16.1 Å². The number of pyridine rings is 1. The van der Waals surface area contributed by atoms with Gasteiger partial charge in [0.2, 0.25) is 0 Å². The number of carbonyl (C=O) groups is 1. The van der Waals surface area contributed by atoms with Crippen LogP contribution in [0, 0.1) is 13.8 Å². The lowest BCUT2D eigenvalue weighted by atomic mass is 10.1. The summed E-state index contributed by atoms with van der Waals surface area (Å²) >= 11 is 5.94. The Bertz CT molecular complexity index is 647. The van der Waals surface area contributed by atoms with Gasteiger partial charge in [-0.2, -0.15) is 0 Å². The number of aromatic nitrogens is 2. The van der Waals surface area contributed by atoms with E-state index in [2.05, 4.69) is 15.5 Å². The second-order valence-corrected chi connectivity index (χ2v) is 5.34. The van der Waals surface area contributed by atoms with Crippen molar-refractivity contribution in [2.45, 2.75) is 40.2 Å². The van der Waals surface area contributed by atoms with Gasteiger partial charge in [-0.05, 0) is 39.3 Å². The van der Waals surface area contributed by atoms with E-state index in [-0.39, 0.29) is 11.9 Å². The molecule has 112 valence electrons. The number of nitrogens with zero attached hydrogens (tertiary/aromatic N) is 2. The zero-order valence-electron chi connectivity index (χ0n) is 12.5. The molecule has 2 aromatic heterocycles. The highest BCUT2D eigenvalue weighted by Gasteiger charge is 2.19. The first-order chi connectivity index (χ1) is 9.92. The second kappa shape index (κ2) is 6.26. The third kappa shape index (κ3) is 3.42. The van der Waals surface area contributed by atoms with Crippen LogP contribution in [-0.4, -0.2) is 16.0 Å². The summed E-state index contributed by atoms with van der Waals surface area (Å²) in [6, 6.07) is 3.12. The van der Waals surface area contributed by atoms with Crippen molar-refractivity contribution in [1.82, 2.24) is 15.5 Å². The highest BCUT2D eigenvalue weighted by atomic mass is 35.5. The molecule has 5 nitrogen and oxygen atoms in total. The number of rotatable bonds is 4. The molecule has 0 aliphatic heterocycles. The second-order valence-electron chi connectivity index (χ2n) is 4.96. The smallest absolute Gasteiger partial charge is 0.251 e. The summed E-state index contributed by atoms with van der Waals surface area (Å²) in [5.74, 6) is 0.517. The number of nitrogens with one attached hydrogen (secondary N) is 1. The van der Waals surface area contributed by atoms with E-state index >= 15 is 0 Å². The third-order valence-corrected chi connectivity index (χ3v) is 3.53. The summed E-state index contributed by atoms with van der Waals surface area (Å²) in [5, 5.41) is 7.16. The third-order valence-electron chi connectivity index (χ3n) is 3.34. The average Bonchev–Trinajstić information content (AvgIpc) is 2.77. The Morgan fingerprint density at radius 3 is 2.71 bits per heavy atom.